The van der Waals surface area contributed by atoms with E-state index in [1.807, 2.05) is 0 Å². The Bertz CT molecular complexity index is 498. The van der Waals surface area contributed by atoms with Crippen LogP contribution in [0.4, 0.5) is 4.39 Å². The first kappa shape index (κ1) is 12.4. The molecule has 0 bridgehead atoms. The predicted octanol–water partition coefficient (Wildman–Crippen LogP) is -3.23. The fraction of sp³-hybridized carbons (Fsp3) is 0. The molecule has 0 atom stereocenters. The van der Waals surface area contributed by atoms with Gasteiger partial charge in [0.2, 0.25) is 0 Å². The van der Waals surface area contributed by atoms with Gasteiger partial charge in [-0.05, 0) is 17.7 Å². The molecule has 0 saturated heterocycles. The number of carboxylic acids is 1. The van der Waals surface area contributed by atoms with Crippen molar-refractivity contribution in [2.45, 2.75) is 0 Å². The van der Waals surface area contributed by atoms with Crippen molar-refractivity contribution < 1.29 is 33.2 Å². The van der Waals surface area contributed by atoms with Crippen LogP contribution in [0.2, 0.25) is 0 Å². The standard InChI is InChI=1S/C9H6FN3O2.Li/c10-9-11-5-13(12-9)7-3-1-6(2-4-7)8(14)15;/h1-5H,(H,14,15);/q;+1/p-1. The van der Waals surface area contributed by atoms with Crippen molar-refractivity contribution in [1.29, 1.82) is 0 Å². The van der Waals surface area contributed by atoms with E-state index in [1.165, 1.54) is 35.3 Å². The minimum absolute atomic E-state index is 0. The molecule has 0 N–H and O–H groups in total. The van der Waals surface area contributed by atoms with Gasteiger partial charge in [-0.1, -0.05) is 12.1 Å². The third-order valence-corrected chi connectivity index (χ3v) is 1.83. The Balaban J connectivity index is 0.00000128. The normalized spacial score (nSPS) is 9.56. The molecule has 1 heterocycles. The molecule has 0 saturated carbocycles. The van der Waals surface area contributed by atoms with Crippen molar-refractivity contribution in [3.05, 3.63) is 42.2 Å². The van der Waals surface area contributed by atoms with Gasteiger partial charge in [-0.2, -0.15) is 9.37 Å². The second-order valence-corrected chi connectivity index (χ2v) is 2.79. The topological polar surface area (TPSA) is 70.8 Å². The molecule has 0 aliphatic rings. The summed E-state index contributed by atoms with van der Waals surface area (Å²) in [6.07, 6.45) is 0.363. The summed E-state index contributed by atoms with van der Waals surface area (Å²) in [6, 6.07) is 5.67. The fourth-order valence-electron chi connectivity index (χ4n) is 1.12. The van der Waals surface area contributed by atoms with Crippen molar-refractivity contribution in [3.8, 4) is 5.69 Å². The third kappa shape index (κ3) is 2.48. The summed E-state index contributed by atoms with van der Waals surface area (Å²) in [6.45, 7) is 0. The number of benzene rings is 1. The average Bonchev–Trinajstić information content (AvgIpc) is 2.65. The van der Waals surface area contributed by atoms with E-state index >= 15 is 0 Å². The van der Waals surface area contributed by atoms with Crippen LogP contribution in [0.1, 0.15) is 10.4 Å². The van der Waals surface area contributed by atoms with E-state index in [0.717, 1.165) is 0 Å². The number of halogens is 1. The molecule has 0 aliphatic carbocycles. The van der Waals surface area contributed by atoms with E-state index in [0.29, 0.717) is 5.69 Å². The monoisotopic (exact) mass is 213 g/mol. The number of aromatic nitrogens is 3. The number of hydrogen-bond acceptors (Lipinski definition) is 4. The smallest absolute Gasteiger partial charge is 0.545 e. The molecular weight excluding hydrogens is 208 g/mol. The number of hydrogen-bond donors (Lipinski definition) is 0. The second-order valence-electron chi connectivity index (χ2n) is 2.79. The molecule has 76 valence electrons. The Morgan fingerprint density at radius 1 is 1.31 bits per heavy atom. The van der Waals surface area contributed by atoms with Gasteiger partial charge in [0.05, 0.1) is 11.7 Å². The number of carbonyl (C=O) groups is 1. The van der Waals surface area contributed by atoms with Gasteiger partial charge in [0, 0.05) is 0 Å². The molecule has 1 aromatic carbocycles. The summed E-state index contributed by atoms with van der Waals surface area (Å²) >= 11 is 0. The molecule has 0 fully saturated rings. The molecular formula is C9H5FLiN3O2. The minimum atomic E-state index is -1.26. The van der Waals surface area contributed by atoms with Gasteiger partial charge < -0.3 is 9.90 Å². The zero-order valence-corrected chi connectivity index (χ0v) is 8.42. The van der Waals surface area contributed by atoms with Crippen LogP contribution in [0, 0.1) is 6.08 Å². The summed E-state index contributed by atoms with van der Waals surface area (Å²) in [5.41, 5.74) is 0.579. The van der Waals surface area contributed by atoms with Crippen molar-refractivity contribution in [2.24, 2.45) is 0 Å². The van der Waals surface area contributed by atoms with E-state index in [1.54, 1.807) is 0 Å². The van der Waals surface area contributed by atoms with Gasteiger partial charge in [0.1, 0.15) is 6.33 Å². The maximum Gasteiger partial charge on any atom is 1.00 e. The Morgan fingerprint density at radius 3 is 2.38 bits per heavy atom. The first-order valence-corrected chi connectivity index (χ1v) is 4.06. The van der Waals surface area contributed by atoms with Crippen LogP contribution in [0.5, 0.6) is 0 Å². The summed E-state index contributed by atoms with van der Waals surface area (Å²) in [5.74, 6) is -1.26. The van der Waals surface area contributed by atoms with Gasteiger partial charge >= 0.3 is 24.9 Å². The van der Waals surface area contributed by atoms with Crippen LogP contribution in [0.25, 0.3) is 5.69 Å². The average molecular weight is 213 g/mol. The molecule has 1 aromatic heterocycles. The molecule has 0 aliphatic heterocycles. The maximum atomic E-state index is 12.5. The SMILES string of the molecule is O=C([O-])c1ccc(-n2cnc(F)n2)cc1.[Li+]. The molecule has 0 spiro atoms. The van der Waals surface area contributed by atoms with Gasteiger partial charge in [-0.3, -0.25) is 0 Å². The van der Waals surface area contributed by atoms with Gasteiger partial charge in [-0.15, -0.1) is 5.10 Å². The maximum absolute atomic E-state index is 12.5. The Kier molecular flexibility index (Phi) is 3.82. The molecule has 0 radical (unpaired) electrons. The van der Waals surface area contributed by atoms with Gasteiger partial charge in [0.25, 0.3) is 0 Å². The molecule has 16 heavy (non-hydrogen) atoms. The molecule has 5 nitrogen and oxygen atoms in total. The Hall–Kier alpha value is -1.64. The zero-order chi connectivity index (χ0) is 10.8. The number of nitrogens with zero attached hydrogens (tertiary/aromatic N) is 3. The largest absolute Gasteiger partial charge is 1.00 e. The molecule has 2 rings (SSSR count). The van der Waals surface area contributed by atoms with Gasteiger partial charge in [-0.25, -0.2) is 4.68 Å². The zero-order valence-electron chi connectivity index (χ0n) is 8.42. The van der Waals surface area contributed by atoms with Crippen molar-refractivity contribution in [1.82, 2.24) is 14.8 Å². The molecule has 0 amide bonds. The van der Waals surface area contributed by atoms with Gasteiger partial charge in [0.15, 0.2) is 0 Å². The van der Waals surface area contributed by atoms with Crippen LogP contribution < -0.4 is 24.0 Å². The predicted molar refractivity (Wildman–Crippen MR) is 45.6 cm³/mol. The summed E-state index contributed by atoms with van der Waals surface area (Å²) in [5, 5.41) is 13.9. The third-order valence-electron chi connectivity index (χ3n) is 1.83. The van der Waals surface area contributed by atoms with Crippen LogP contribution in [-0.2, 0) is 0 Å². The van der Waals surface area contributed by atoms with E-state index in [-0.39, 0.29) is 24.4 Å². The van der Waals surface area contributed by atoms with E-state index in [9.17, 15) is 14.3 Å². The fourth-order valence-corrected chi connectivity index (χ4v) is 1.12. The van der Waals surface area contributed by atoms with Crippen LogP contribution in [0.15, 0.2) is 30.6 Å². The van der Waals surface area contributed by atoms with Crippen LogP contribution in [-0.4, -0.2) is 20.7 Å². The number of aromatic carboxylic acids is 1. The van der Waals surface area contributed by atoms with E-state index < -0.39 is 12.0 Å². The van der Waals surface area contributed by atoms with Crippen LogP contribution >= 0.6 is 0 Å². The van der Waals surface area contributed by atoms with Crippen molar-refractivity contribution >= 4 is 5.97 Å². The summed E-state index contributed by atoms with van der Waals surface area (Å²) < 4.78 is 13.7. The van der Waals surface area contributed by atoms with E-state index in [4.69, 9.17) is 0 Å². The first-order valence-electron chi connectivity index (χ1n) is 4.06. The summed E-state index contributed by atoms with van der Waals surface area (Å²) in [4.78, 5) is 13.8. The Morgan fingerprint density at radius 2 is 1.94 bits per heavy atom. The summed E-state index contributed by atoms with van der Waals surface area (Å²) in [7, 11) is 0. The Labute approximate surface area is 102 Å². The van der Waals surface area contributed by atoms with Crippen molar-refractivity contribution in [3.63, 3.8) is 0 Å². The second kappa shape index (κ2) is 4.92. The minimum Gasteiger partial charge on any atom is -0.545 e. The molecule has 2 aromatic rings. The number of rotatable bonds is 2. The molecule has 7 heteroatoms. The van der Waals surface area contributed by atoms with E-state index in [2.05, 4.69) is 10.1 Å². The van der Waals surface area contributed by atoms with Crippen LogP contribution in [0.3, 0.4) is 0 Å². The number of carbonyl (C=O) groups excluding carboxylic acids is 1. The molecule has 0 unspecified atom stereocenters. The first-order chi connectivity index (χ1) is 7.16. The van der Waals surface area contributed by atoms with Crippen molar-refractivity contribution in [2.75, 3.05) is 0 Å². The quantitative estimate of drug-likeness (QED) is 0.492. The number of carboxylic acid groups (broad SMARTS) is 1.